The molecule has 6 nitrogen and oxygen atoms in total. The van der Waals surface area contributed by atoms with Crippen molar-refractivity contribution in [3.8, 4) is 0 Å². The summed E-state index contributed by atoms with van der Waals surface area (Å²) in [5.74, 6) is 1.05. The number of anilines is 1. The SMILES string of the molecule is CCNC(=NCCN1CCCCC1)NC1CCN(c2ncccc2F)C1. The third-order valence-corrected chi connectivity index (χ3v) is 5.05. The van der Waals surface area contributed by atoms with Crippen molar-refractivity contribution in [2.75, 3.05) is 50.7 Å². The Morgan fingerprint density at radius 2 is 2.15 bits per heavy atom. The fraction of sp³-hybridized carbons (Fsp3) is 0.684. The Bertz CT molecular complexity index is 587. The molecule has 26 heavy (non-hydrogen) atoms. The lowest BCUT2D eigenvalue weighted by molar-refractivity contribution is 0.235. The van der Waals surface area contributed by atoms with Crippen LogP contribution in [0.25, 0.3) is 0 Å². The topological polar surface area (TPSA) is 55.8 Å². The van der Waals surface area contributed by atoms with Crippen LogP contribution in [0, 0.1) is 5.82 Å². The molecule has 0 bridgehead atoms. The molecule has 0 amide bonds. The van der Waals surface area contributed by atoms with E-state index in [1.807, 2.05) is 4.90 Å². The van der Waals surface area contributed by atoms with Gasteiger partial charge in [-0.05, 0) is 51.4 Å². The van der Waals surface area contributed by atoms with E-state index in [1.165, 1.54) is 38.4 Å². The number of pyridine rings is 1. The van der Waals surface area contributed by atoms with Crippen LogP contribution in [0.4, 0.5) is 10.2 Å². The lowest BCUT2D eigenvalue weighted by atomic mass is 10.1. The number of rotatable bonds is 6. The maximum Gasteiger partial charge on any atom is 0.191 e. The van der Waals surface area contributed by atoms with Crippen molar-refractivity contribution in [1.82, 2.24) is 20.5 Å². The molecule has 0 aromatic carbocycles. The summed E-state index contributed by atoms with van der Waals surface area (Å²) in [6, 6.07) is 3.35. The summed E-state index contributed by atoms with van der Waals surface area (Å²) in [4.78, 5) is 13.4. The predicted octanol–water partition coefficient (Wildman–Crippen LogP) is 1.84. The monoisotopic (exact) mass is 362 g/mol. The van der Waals surface area contributed by atoms with Crippen molar-refractivity contribution in [2.45, 2.75) is 38.6 Å². The Morgan fingerprint density at radius 1 is 1.31 bits per heavy atom. The van der Waals surface area contributed by atoms with Crippen LogP contribution in [0.15, 0.2) is 23.3 Å². The minimum Gasteiger partial charge on any atom is -0.357 e. The largest absolute Gasteiger partial charge is 0.357 e. The van der Waals surface area contributed by atoms with E-state index in [0.717, 1.165) is 45.1 Å². The molecular formula is C19H31FN6. The predicted molar refractivity (Wildman–Crippen MR) is 104 cm³/mol. The van der Waals surface area contributed by atoms with Gasteiger partial charge in [-0.1, -0.05) is 6.42 Å². The summed E-state index contributed by atoms with van der Waals surface area (Å²) in [6.45, 7) is 8.68. The molecule has 3 rings (SSSR count). The molecule has 0 aliphatic carbocycles. The first-order chi connectivity index (χ1) is 12.8. The number of guanidine groups is 1. The highest BCUT2D eigenvalue weighted by Gasteiger charge is 2.25. The van der Waals surface area contributed by atoms with E-state index in [1.54, 1.807) is 12.3 Å². The van der Waals surface area contributed by atoms with Crippen molar-refractivity contribution >= 4 is 11.8 Å². The van der Waals surface area contributed by atoms with Crippen LogP contribution in [0.2, 0.25) is 0 Å². The second-order valence-corrected chi connectivity index (χ2v) is 7.05. The number of likely N-dealkylation sites (tertiary alicyclic amines) is 1. The first-order valence-electron chi connectivity index (χ1n) is 9.89. The lowest BCUT2D eigenvalue weighted by Gasteiger charge is -2.25. The van der Waals surface area contributed by atoms with Crippen LogP contribution in [-0.2, 0) is 0 Å². The van der Waals surface area contributed by atoms with E-state index in [-0.39, 0.29) is 11.9 Å². The molecule has 1 aromatic heterocycles. The van der Waals surface area contributed by atoms with Crippen molar-refractivity contribution in [3.63, 3.8) is 0 Å². The molecule has 144 valence electrons. The smallest absolute Gasteiger partial charge is 0.191 e. The number of nitrogens with one attached hydrogen (secondary N) is 2. The van der Waals surface area contributed by atoms with Gasteiger partial charge in [0.05, 0.1) is 6.54 Å². The third kappa shape index (κ3) is 5.30. The minimum atomic E-state index is -0.254. The summed E-state index contributed by atoms with van der Waals surface area (Å²) in [5.41, 5.74) is 0. The molecule has 0 spiro atoms. The van der Waals surface area contributed by atoms with E-state index in [2.05, 4.69) is 27.4 Å². The zero-order chi connectivity index (χ0) is 18.2. The second-order valence-electron chi connectivity index (χ2n) is 7.05. The minimum absolute atomic E-state index is 0.254. The number of aromatic nitrogens is 1. The maximum atomic E-state index is 13.9. The zero-order valence-electron chi connectivity index (χ0n) is 15.8. The van der Waals surface area contributed by atoms with Crippen LogP contribution < -0.4 is 15.5 Å². The number of nitrogens with zero attached hydrogens (tertiary/aromatic N) is 4. The van der Waals surface area contributed by atoms with E-state index in [4.69, 9.17) is 4.99 Å². The molecular weight excluding hydrogens is 331 g/mol. The molecule has 2 fully saturated rings. The molecule has 1 aromatic rings. The van der Waals surface area contributed by atoms with Crippen molar-refractivity contribution < 1.29 is 4.39 Å². The number of piperidine rings is 1. The normalized spacial score (nSPS) is 21.8. The van der Waals surface area contributed by atoms with E-state index in [0.29, 0.717) is 5.82 Å². The molecule has 7 heteroatoms. The number of hydrogen-bond donors (Lipinski definition) is 2. The summed E-state index contributed by atoms with van der Waals surface area (Å²) in [5, 5.41) is 6.83. The quantitative estimate of drug-likeness (QED) is 0.597. The Kier molecular flexibility index (Phi) is 7.05. The van der Waals surface area contributed by atoms with Gasteiger partial charge < -0.3 is 20.4 Å². The van der Waals surface area contributed by atoms with Gasteiger partial charge in [-0.3, -0.25) is 4.99 Å². The van der Waals surface area contributed by atoms with Crippen LogP contribution in [0.1, 0.15) is 32.6 Å². The van der Waals surface area contributed by atoms with Crippen molar-refractivity contribution in [3.05, 3.63) is 24.1 Å². The molecule has 0 radical (unpaired) electrons. The van der Waals surface area contributed by atoms with Gasteiger partial charge in [-0.15, -0.1) is 0 Å². The van der Waals surface area contributed by atoms with E-state index >= 15 is 0 Å². The third-order valence-electron chi connectivity index (χ3n) is 5.05. The molecule has 2 saturated heterocycles. The van der Waals surface area contributed by atoms with Gasteiger partial charge >= 0.3 is 0 Å². The van der Waals surface area contributed by atoms with Crippen LogP contribution in [-0.4, -0.2) is 67.7 Å². The molecule has 1 unspecified atom stereocenters. The van der Waals surface area contributed by atoms with E-state index in [9.17, 15) is 4.39 Å². The van der Waals surface area contributed by atoms with Gasteiger partial charge in [0.1, 0.15) is 0 Å². The average Bonchev–Trinajstić information content (AvgIpc) is 3.11. The Hall–Kier alpha value is -1.89. The molecule has 2 aliphatic heterocycles. The first-order valence-corrected chi connectivity index (χ1v) is 9.89. The molecule has 0 saturated carbocycles. The Labute approximate surface area is 155 Å². The standard InChI is InChI=1S/C19H31FN6/c1-2-21-19(23-10-14-25-11-4-3-5-12-25)24-16-8-13-26(15-16)18-17(20)7-6-9-22-18/h6-7,9,16H,2-5,8,10-15H2,1H3,(H2,21,23,24). The highest BCUT2D eigenvalue weighted by Crippen LogP contribution is 2.20. The summed E-state index contributed by atoms with van der Waals surface area (Å²) < 4.78 is 13.9. The molecule has 2 N–H and O–H groups in total. The van der Waals surface area contributed by atoms with Gasteiger partial charge in [0.2, 0.25) is 0 Å². The molecule has 1 atom stereocenters. The van der Waals surface area contributed by atoms with Crippen LogP contribution in [0.3, 0.4) is 0 Å². The number of hydrogen-bond acceptors (Lipinski definition) is 4. The molecule has 2 aliphatic rings. The second kappa shape index (κ2) is 9.71. The summed E-state index contributed by atoms with van der Waals surface area (Å²) in [7, 11) is 0. The van der Waals surface area contributed by atoms with Gasteiger partial charge in [-0.25, -0.2) is 9.37 Å². The maximum absolute atomic E-state index is 13.9. The molecule has 3 heterocycles. The zero-order valence-corrected chi connectivity index (χ0v) is 15.8. The summed E-state index contributed by atoms with van der Waals surface area (Å²) in [6.07, 6.45) is 6.57. The Morgan fingerprint density at radius 3 is 2.92 bits per heavy atom. The van der Waals surface area contributed by atoms with Crippen molar-refractivity contribution in [2.24, 2.45) is 4.99 Å². The van der Waals surface area contributed by atoms with Gasteiger partial charge in [-0.2, -0.15) is 0 Å². The van der Waals surface area contributed by atoms with Crippen LogP contribution >= 0.6 is 0 Å². The lowest BCUT2D eigenvalue weighted by Crippen LogP contribution is -2.45. The highest BCUT2D eigenvalue weighted by molar-refractivity contribution is 5.80. The average molecular weight is 362 g/mol. The number of aliphatic imine (C=N–C) groups is 1. The van der Waals surface area contributed by atoms with Crippen molar-refractivity contribution in [1.29, 1.82) is 0 Å². The van der Waals surface area contributed by atoms with Gasteiger partial charge in [0.25, 0.3) is 0 Å². The van der Waals surface area contributed by atoms with E-state index < -0.39 is 0 Å². The number of halogens is 1. The van der Waals surface area contributed by atoms with Crippen LogP contribution in [0.5, 0.6) is 0 Å². The van der Waals surface area contributed by atoms with Gasteiger partial charge in [0.15, 0.2) is 17.6 Å². The summed E-state index contributed by atoms with van der Waals surface area (Å²) >= 11 is 0. The van der Waals surface area contributed by atoms with Gasteiger partial charge in [0, 0.05) is 38.4 Å². The fourth-order valence-electron chi connectivity index (χ4n) is 3.68. The fourth-order valence-corrected chi connectivity index (χ4v) is 3.68. The highest BCUT2D eigenvalue weighted by atomic mass is 19.1. The Balaban J connectivity index is 1.50. The first kappa shape index (κ1) is 18.9.